The Labute approximate surface area is 728 Å². The van der Waals surface area contributed by atoms with Crippen molar-refractivity contribution in [3.05, 3.63) is 200 Å². The third-order valence-electron chi connectivity index (χ3n) is 24.2. The van der Waals surface area contributed by atoms with Gasteiger partial charge in [-0.25, -0.2) is 9.36 Å². The highest BCUT2D eigenvalue weighted by Gasteiger charge is 2.39. The minimum atomic E-state index is -0.782. The Bertz CT molecular complexity index is 5330. The molecule has 5 aliphatic carbocycles. The first-order valence-electron chi connectivity index (χ1n) is 40.9. The van der Waals surface area contributed by atoms with Crippen molar-refractivity contribution in [2.75, 3.05) is 88.0 Å². The van der Waals surface area contributed by atoms with Crippen LogP contribution in [-0.2, 0) is 69.0 Å². The SMILES string of the molecule is C.Nc1c2c(nn1C(=O)C1CCNc3ccc(Cl)cc31)CC[C@@H](O)C2.Nc1c2c(nn1C(=O)[C@H]1CCNc3ccc(Cl)cc31)CC[C@@H](O)C2.Nc1n[nH]c2c1C[C@H](O)CC2.Nc1nn(C(=O)C2CCNc3ccc(Cl)cc32)c2c1C[C@H](O)CC2.Nc1nn(C(=O)[C@H]2CCNc3ccc(Cl)cc32)c2c1C[C@H](O)CC2.O=C(O)C1CCNc2ccc(Cl)cc21. The van der Waals surface area contributed by atoms with Crippen LogP contribution in [0.1, 0.15) is 205 Å². The molecule has 10 atom stereocenters. The van der Waals surface area contributed by atoms with E-state index in [-0.39, 0.29) is 60.8 Å². The second-order valence-corrected chi connectivity index (χ2v) is 34.3. The molecule has 3 unspecified atom stereocenters. The summed E-state index contributed by atoms with van der Waals surface area (Å²) in [6.07, 6.45) is 10.7. The third kappa shape index (κ3) is 18.7. The first kappa shape index (κ1) is 87.9. The highest BCUT2D eigenvalue weighted by atomic mass is 35.5. The molecular weight excluding hydrogens is 1670 g/mol. The Kier molecular flexibility index (Phi) is 27.2. The molecule has 0 radical (unpaired) electrons. The smallest absolute Gasteiger partial charge is 0.311 e. The average Bonchev–Trinajstić information content (AvgIpc) is 1.67. The molecule has 10 heterocycles. The van der Waals surface area contributed by atoms with E-state index in [2.05, 4.69) is 57.2 Å². The number of nitrogens with zero attached hydrogens (tertiary/aromatic N) is 9. The summed E-state index contributed by atoms with van der Waals surface area (Å²) < 4.78 is 5.56. The van der Waals surface area contributed by atoms with Gasteiger partial charge in [-0.05, 0) is 215 Å². The maximum absolute atomic E-state index is 13.2. The molecule has 31 nitrogen and oxygen atoms in total. The maximum Gasteiger partial charge on any atom is 0.311 e. The highest BCUT2D eigenvalue weighted by molar-refractivity contribution is 6.32. The van der Waals surface area contributed by atoms with Gasteiger partial charge in [-0.1, -0.05) is 65.4 Å². The number of nitrogens with two attached hydrogens (primary N) is 5. The number of carboxylic acids is 1. The van der Waals surface area contributed by atoms with Crippen molar-refractivity contribution in [1.82, 2.24) is 49.3 Å². The quantitative estimate of drug-likeness (QED) is 0.0761. The number of halogens is 5. The van der Waals surface area contributed by atoms with Gasteiger partial charge in [0.1, 0.15) is 29.1 Å². The van der Waals surface area contributed by atoms with Gasteiger partial charge in [0, 0.05) is 152 Å². The molecule has 5 aliphatic heterocycles. The highest BCUT2D eigenvalue weighted by Crippen LogP contribution is 2.43. The van der Waals surface area contributed by atoms with Gasteiger partial charge in [0.15, 0.2) is 0 Å². The predicted molar refractivity (Wildman–Crippen MR) is 473 cm³/mol. The second-order valence-electron chi connectivity index (χ2n) is 32.1. The van der Waals surface area contributed by atoms with Gasteiger partial charge < -0.3 is 85.9 Å². The number of benzene rings is 5. The summed E-state index contributed by atoms with van der Waals surface area (Å²) in [5, 5.41) is 101. The number of fused-ring (bicyclic) bond motifs is 10. The van der Waals surface area contributed by atoms with Gasteiger partial charge in [0.25, 0.3) is 23.6 Å². The van der Waals surface area contributed by atoms with Gasteiger partial charge in [-0.3, -0.25) is 29.1 Å². The van der Waals surface area contributed by atoms with Crippen LogP contribution in [0.2, 0.25) is 25.1 Å². The lowest BCUT2D eigenvalue weighted by Gasteiger charge is -2.26. The summed E-state index contributed by atoms with van der Waals surface area (Å²) in [4.78, 5) is 63.4. The van der Waals surface area contributed by atoms with E-state index in [1.165, 1.54) is 18.7 Å². The first-order chi connectivity index (χ1) is 58.1. The van der Waals surface area contributed by atoms with Crippen LogP contribution in [0.15, 0.2) is 91.0 Å². The van der Waals surface area contributed by atoms with Crippen LogP contribution < -0.4 is 55.3 Å². The van der Waals surface area contributed by atoms with Crippen molar-refractivity contribution in [1.29, 1.82) is 0 Å². The number of H-pyrrole nitrogens is 1. The summed E-state index contributed by atoms with van der Waals surface area (Å²) in [5.74, 6) is -0.941. The summed E-state index contributed by atoms with van der Waals surface area (Å²) in [5.41, 5.74) is 47.5. The van der Waals surface area contributed by atoms with Crippen molar-refractivity contribution in [2.24, 2.45) is 0 Å². The van der Waals surface area contributed by atoms with Crippen molar-refractivity contribution in [3.8, 4) is 0 Å². The van der Waals surface area contributed by atoms with Crippen LogP contribution in [0.25, 0.3) is 0 Å². The largest absolute Gasteiger partial charge is 0.481 e. The number of hydrogen-bond donors (Lipinski definition) is 17. The second kappa shape index (κ2) is 37.7. The normalized spacial score (nSPS) is 22.0. The van der Waals surface area contributed by atoms with Crippen LogP contribution in [-0.4, -0.2) is 173 Å². The van der Waals surface area contributed by atoms with Crippen LogP contribution in [0.4, 0.5) is 57.5 Å². The lowest BCUT2D eigenvalue weighted by atomic mass is 9.89. The average molecular weight is 1770 g/mol. The van der Waals surface area contributed by atoms with E-state index in [0.717, 1.165) is 138 Å². The Morgan fingerprint density at radius 3 is 0.951 bits per heavy atom. The summed E-state index contributed by atoms with van der Waals surface area (Å²) in [6, 6.07) is 27.5. The summed E-state index contributed by atoms with van der Waals surface area (Å²) in [6.45, 7) is 3.58. The molecule has 10 aliphatic rings. The van der Waals surface area contributed by atoms with E-state index in [1.807, 2.05) is 78.9 Å². The zero-order valence-electron chi connectivity index (χ0n) is 66.1. The van der Waals surface area contributed by atoms with Gasteiger partial charge >= 0.3 is 5.97 Å². The fraction of sp³-hybridized carbons (Fsp3) is 0.419. The van der Waals surface area contributed by atoms with Crippen LogP contribution >= 0.6 is 58.0 Å². The summed E-state index contributed by atoms with van der Waals surface area (Å²) in [7, 11) is 0. The van der Waals surface area contributed by atoms with Gasteiger partial charge in [0.2, 0.25) is 0 Å². The Morgan fingerprint density at radius 1 is 0.344 bits per heavy atom. The number of carbonyl (C=O) groups is 5. The standard InChI is InChI=1S/4C17H19ClN4O2.C10H10ClNO2.C7H11N3O.CH4/c2*18-9-1-3-14-12(7-9)11(5-6-20-14)17(24)22-15-4-2-10(23)8-13(15)16(19)21-22;2*18-9-1-3-14-12(7-9)11(5-6-20-14)17(24)22-16(19)13-8-10(23)2-4-15(13)21-22;11-6-1-2-9-8(5-6)7(10(13)14)3-4-12-9;8-7-5-3-4(11)1-2-6(5)9-10-7;/h2*1,3,7,10-11,20,23H,2,4-6,8H2,(H2,19,21);2*1,3,7,10-11,20,23H,2,4-6,8,19H2;1-2,5,7,12H,3-4H2,(H,13,14);4,11H,1-3H2,(H3,8,9,10);1H4/t10-,11?;10-,11+;10-,11?;10-,11+;;4-;/m1111.1./s1. The molecule has 0 amide bonds. The maximum atomic E-state index is 13.2. The third-order valence-corrected chi connectivity index (χ3v) is 25.4. The molecule has 5 aromatic carbocycles. The number of aliphatic hydroxyl groups is 5. The molecule has 0 saturated heterocycles. The molecule has 646 valence electrons. The molecule has 20 rings (SSSR count). The topological polar surface area (TPSA) is 497 Å². The van der Waals surface area contributed by atoms with E-state index in [1.54, 1.807) is 12.1 Å². The molecule has 0 saturated carbocycles. The zero-order valence-corrected chi connectivity index (χ0v) is 69.9. The molecular formula is C86H101Cl5N20O11. The van der Waals surface area contributed by atoms with Crippen LogP contribution in [0.5, 0.6) is 0 Å². The number of aromatic amines is 1. The molecule has 5 aromatic heterocycles. The number of carbonyl (C=O) groups excluding carboxylic acids is 4. The molecule has 36 heteroatoms. The minimum absolute atomic E-state index is 0. The number of aliphatic carboxylic acids is 1. The van der Waals surface area contributed by atoms with Crippen molar-refractivity contribution >= 4 is 145 Å². The van der Waals surface area contributed by atoms with E-state index in [9.17, 15) is 49.5 Å². The number of anilines is 10. The van der Waals surface area contributed by atoms with Crippen LogP contribution in [0.3, 0.4) is 0 Å². The lowest BCUT2D eigenvalue weighted by Crippen LogP contribution is -2.30. The number of carboxylic acid groups (broad SMARTS) is 1. The molecule has 0 fully saturated rings. The number of nitrogen functional groups attached to an aromatic ring is 5. The van der Waals surface area contributed by atoms with E-state index >= 15 is 0 Å². The van der Waals surface area contributed by atoms with E-state index < -0.39 is 36.3 Å². The molecule has 10 aromatic rings. The Hall–Kier alpha value is -10.5. The fourth-order valence-corrected chi connectivity index (χ4v) is 18.8. The predicted octanol–water partition coefficient (Wildman–Crippen LogP) is 11.6. The number of hydrogen-bond acceptors (Lipinski definition) is 25. The lowest BCUT2D eigenvalue weighted by molar-refractivity contribution is -0.139. The number of aromatic nitrogens is 10. The molecule has 22 N–H and O–H groups in total. The number of aryl methyl sites for hydroxylation is 3. The Balaban J connectivity index is 0.000000121. The van der Waals surface area contributed by atoms with Gasteiger partial charge in [-0.15, -0.1) is 10.2 Å². The van der Waals surface area contributed by atoms with E-state index in [4.69, 9.17) is 91.8 Å². The molecule has 122 heavy (non-hydrogen) atoms. The number of aliphatic hydroxyl groups excluding tert-OH is 5. The Morgan fingerprint density at radius 2 is 0.623 bits per heavy atom. The first-order valence-corrected chi connectivity index (χ1v) is 42.7. The molecule has 0 spiro atoms. The monoisotopic (exact) mass is 1760 g/mol. The van der Waals surface area contributed by atoms with E-state index in [0.29, 0.717) is 189 Å². The van der Waals surface area contributed by atoms with Gasteiger partial charge in [-0.2, -0.15) is 24.7 Å². The number of rotatable bonds is 5. The minimum Gasteiger partial charge on any atom is -0.481 e. The van der Waals surface area contributed by atoms with Crippen LogP contribution in [0, 0.1) is 0 Å². The van der Waals surface area contributed by atoms with Crippen molar-refractivity contribution in [2.45, 2.75) is 196 Å². The fourth-order valence-electron chi connectivity index (χ4n) is 17.9. The summed E-state index contributed by atoms with van der Waals surface area (Å²) >= 11 is 30.3. The molecule has 0 bridgehead atoms. The zero-order chi connectivity index (χ0) is 85.4. The van der Waals surface area contributed by atoms with Crippen molar-refractivity contribution < 1.29 is 54.6 Å². The van der Waals surface area contributed by atoms with Gasteiger partial charge in [0.05, 0.1) is 82.9 Å². The number of nitrogens with one attached hydrogen (secondary N) is 6. The van der Waals surface area contributed by atoms with Crippen molar-refractivity contribution in [3.63, 3.8) is 0 Å².